The van der Waals surface area contributed by atoms with Crippen LogP contribution < -0.4 is 5.32 Å². The van der Waals surface area contributed by atoms with Crippen LogP contribution in [0.5, 0.6) is 0 Å². The van der Waals surface area contributed by atoms with E-state index in [0.29, 0.717) is 11.5 Å². The Bertz CT molecular complexity index is 448. The molecule has 0 saturated heterocycles. The average Bonchev–Trinajstić information content (AvgIpc) is 2.74. The number of nitro groups is 1. The molecule has 0 heterocycles. The molecule has 0 bridgehead atoms. The van der Waals surface area contributed by atoms with Crippen LogP contribution in [0, 0.1) is 23.0 Å². The first kappa shape index (κ1) is 12.8. The number of hydrogen-bond acceptors (Lipinski definition) is 4. The average molecular weight is 250 g/mol. The molecule has 1 fully saturated rings. The van der Waals surface area contributed by atoms with Crippen molar-refractivity contribution in [3.05, 3.63) is 33.9 Å². The Labute approximate surface area is 106 Å². The zero-order valence-corrected chi connectivity index (χ0v) is 10.4. The molecule has 1 aliphatic carbocycles. The molecule has 0 radical (unpaired) electrons. The highest BCUT2D eigenvalue weighted by Crippen LogP contribution is 2.27. The van der Waals surface area contributed by atoms with Gasteiger partial charge in [0.1, 0.15) is 0 Å². The van der Waals surface area contributed by atoms with Crippen LogP contribution in [0.25, 0.3) is 0 Å². The maximum absolute atomic E-state index is 10.8. The lowest BCUT2D eigenvalue weighted by Crippen LogP contribution is -2.12. The van der Waals surface area contributed by atoms with Crippen LogP contribution >= 0.6 is 0 Å². The van der Waals surface area contributed by atoms with Crippen molar-refractivity contribution in [3.8, 4) is 0 Å². The van der Waals surface area contributed by atoms with E-state index in [1.165, 1.54) is 0 Å². The zero-order chi connectivity index (χ0) is 13.1. The molecular weight excluding hydrogens is 232 g/mol. The highest BCUT2D eigenvalue weighted by molar-refractivity contribution is 5.54. The second kappa shape index (κ2) is 5.35. The molecule has 2 rings (SSSR count). The molecule has 5 heteroatoms. The van der Waals surface area contributed by atoms with Gasteiger partial charge in [-0.1, -0.05) is 6.07 Å². The van der Waals surface area contributed by atoms with Gasteiger partial charge in [0.05, 0.1) is 11.0 Å². The number of nitrogens with one attached hydrogen (secondary N) is 1. The van der Waals surface area contributed by atoms with Crippen LogP contribution in [0.3, 0.4) is 0 Å². The minimum absolute atomic E-state index is 0.145. The molecule has 2 N–H and O–H groups in total. The number of anilines is 1. The first-order chi connectivity index (χ1) is 8.56. The number of aliphatic hydroxyl groups excluding tert-OH is 1. The number of nitro benzene ring substituents is 1. The summed E-state index contributed by atoms with van der Waals surface area (Å²) in [5.41, 5.74) is 1.59. The number of aliphatic hydroxyl groups is 1. The van der Waals surface area contributed by atoms with E-state index in [1.807, 2.05) is 6.07 Å². The molecule has 98 valence electrons. The lowest BCUT2D eigenvalue weighted by molar-refractivity contribution is -0.385. The van der Waals surface area contributed by atoms with E-state index in [4.69, 9.17) is 0 Å². The van der Waals surface area contributed by atoms with Gasteiger partial charge in [-0.15, -0.1) is 0 Å². The van der Waals surface area contributed by atoms with E-state index >= 15 is 0 Å². The van der Waals surface area contributed by atoms with Crippen LogP contribution in [0.1, 0.15) is 24.8 Å². The van der Waals surface area contributed by atoms with Gasteiger partial charge in [-0.2, -0.15) is 0 Å². The Morgan fingerprint density at radius 1 is 1.50 bits per heavy atom. The van der Waals surface area contributed by atoms with Gasteiger partial charge in [-0.3, -0.25) is 10.1 Å². The highest BCUT2D eigenvalue weighted by Gasteiger charge is 2.22. The van der Waals surface area contributed by atoms with Gasteiger partial charge in [-0.25, -0.2) is 0 Å². The minimum atomic E-state index is -0.361. The predicted molar refractivity (Wildman–Crippen MR) is 69.7 cm³/mol. The van der Waals surface area contributed by atoms with Crippen LogP contribution in [0.15, 0.2) is 18.2 Å². The van der Waals surface area contributed by atoms with E-state index in [1.54, 1.807) is 19.1 Å². The van der Waals surface area contributed by atoms with Crippen LogP contribution in [-0.4, -0.2) is 22.7 Å². The number of aryl methyl sites for hydroxylation is 1. The molecule has 18 heavy (non-hydrogen) atoms. The Morgan fingerprint density at radius 2 is 2.28 bits per heavy atom. The molecule has 1 aliphatic rings. The summed E-state index contributed by atoms with van der Waals surface area (Å²) in [5, 5.41) is 23.5. The topological polar surface area (TPSA) is 75.4 Å². The highest BCUT2D eigenvalue weighted by atomic mass is 16.6. The lowest BCUT2D eigenvalue weighted by atomic mass is 10.1. The summed E-state index contributed by atoms with van der Waals surface area (Å²) >= 11 is 0. The van der Waals surface area contributed by atoms with Crippen molar-refractivity contribution < 1.29 is 10.0 Å². The third-order valence-corrected chi connectivity index (χ3v) is 3.51. The van der Waals surface area contributed by atoms with Crippen LogP contribution in [0.2, 0.25) is 0 Å². The molecule has 0 aliphatic heterocycles. The third kappa shape index (κ3) is 2.98. The van der Waals surface area contributed by atoms with E-state index < -0.39 is 0 Å². The first-order valence-corrected chi connectivity index (χ1v) is 6.23. The number of nitrogens with zero attached hydrogens (tertiary/aromatic N) is 1. The fourth-order valence-electron chi connectivity index (χ4n) is 2.41. The number of rotatable bonds is 4. The maximum atomic E-state index is 10.8. The molecular formula is C13H18N2O3. The van der Waals surface area contributed by atoms with Gasteiger partial charge in [0.2, 0.25) is 0 Å². The third-order valence-electron chi connectivity index (χ3n) is 3.51. The smallest absolute Gasteiger partial charge is 0.274 e. The summed E-state index contributed by atoms with van der Waals surface area (Å²) in [6.45, 7) is 2.49. The van der Waals surface area contributed by atoms with Gasteiger partial charge < -0.3 is 10.4 Å². The van der Waals surface area contributed by atoms with Crippen molar-refractivity contribution in [1.82, 2.24) is 0 Å². The van der Waals surface area contributed by atoms with Crippen molar-refractivity contribution in [2.45, 2.75) is 32.3 Å². The fraction of sp³-hybridized carbons (Fsp3) is 0.538. The van der Waals surface area contributed by atoms with Crippen LogP contribution in [-0.2, 0) is 0 Å². The van der Waals surface area contributed by atoms with E-state index in [-0.39, 0.29) is 16.7 Å². The van der Waals surface area contributed by atoms with Gasteiger partial charge in [0, 0.05) is 23.9 Å². The standard InChI is InChI=1S/C13H18N2O3/c1-9-2-4-11(7-13(9)15(17)18)14-8-10-3-5-12(16)6-10/h2,4,7,10,12,14,16H,3,5-6,8H2,1H3. The van der Waals surface area contributed by atoms with Gasteiger partial charge >= 0.3 is 0 Å². The Hall–Kier alpha value is -1.62. The summed E-state index contributed by atoms with van der Waals surface area (Å²) < 4.78 is 0. The van der Waals surface area contributed by atoms with Crippen molar-refractivity contribution >= 4 is 11.4 Å². The van der Waals surface area contributed by atoms with Gasteiger partial charge in [0.25, 0.3) is 5.69 Å². The summed E-state index contributed by atoms with van der Waals surface area (Å²) in [4.78, 5) is 10.5. The predicted octanol–water partition coefficient (Wildman–Crippen LogP) is 2.48. The monoisotopic (exact) mass is 250 g/mol. The lowest BCUT2D eigenvalue weighted by Gasteiger charge is -2.12. The summed E-state index contributed by atoms with van der Waals surface area (Å²) in [6.07, 6.45) is 2.52. The summed E-state index contributed by atoms with van der Waals surface area (Å²) in [6, 6.07) is 5.18. The Morgan fingerprint density at radius 3 is 2.89 bits per heavy atom. The zero-order valence-electron chi connectivity index (χ0n) is 10.4. The normalized spacial score (nSPS) is 23.0. The molecule has 1 aromatic rings. The maximum Gasteiger partial charge on any atom is 0.274 e. The number of hydrogen-bond donors (Lipinski definition) is 2. The van der Waals surface area contributed by atoms with E-state index in [2.05, 4.69) is 5.32 Å². The first-order valence-electron chi connectivity index (χ1n) is 6.23. The quantitative estimate of drug-likeness (QED) is 0.636. The molecule has 2 unspecified atom stereocenters. The van der Waals surface area contributed by atoms with Crippen molar-refractivity contribution in [3.63, 3.8) is 0 Å². The molecule has 0 aromatic heterocycles. The summed E-state index contributed by atoms with van der Waals surface area (Å²) in [7, 11) is 0. The number of benzene rings is 1. The Balaban J connectivity index is 1.97. The molecule has 0 amide bonds. The Kier molecular flexibility index (Phi) is 3.81. The van der Waals surface area contributed by atoms with Crippen LogP contribution in [0.4, 0.5) is 11.4 Å². The van der Waals surface area contributed by atoms with Gasteiger partial charge in [-0.05, 0) is 38.2 Å². The summed E-state index contributed by atoms with van der Waals surface area (Å²) in [5.74, 6) is 0.459. The molecule has 1 saturated carbocycles. The SMILES string of the molecule is Cc1ccc(NCC2CCC(O)C2)cc1[N+](=O)[O-]. The fourth-order valence-corrected chi connectivity index (χ4v) is 2.41. The van der Waals surface area contributed by atoms with E-state index in [0.717, 1.165) is 31.5 Å². The minimum Gasteiger partial charge on any atom is -0.393 e. The largest absolute Gasteiger partial charge is 0.393 e. The van der Waals surface area contributed by atoms with Crippen molar-refractivity contribution in [2.75, 3.05) is 11.9 Å². The molecule has 2 atom stereocenters. The second-order valence-corrected chi connectivity index (χ2v) is 4.97. The van der Waals surface area contributed by atoms with E-state index in [9.17, 15) is 15.2 Å². The molecule has 1 aromatic carbocycles. The second-order valence-electron chi connectivity index (χ2n) is 4.97. The molecule has 0 spiro atoms. The van der Waals surface area contributed by atoms with Crippen molar-refractivity contribution in [2.24, 2.45) is 5.92 Å². The van der Waals surface area contributed by atoms with Gasteiger partial charge in [0.15, 0.2) is 0 Å². The van der Waals surface area contributed by atoms with Crippen molar-refractivity contribution in [1.29, 1.82) is 0 Å². The molecule has 5 nitrogen and oxygen atoms in total.